The molecule has 3 aromatic rings. The molecule has 1 aliphatic carbocycles. The van der Waals surface area contributed by atoms with E-state index in [1.807, 2.05) is 6.07 Å². The number of amides is 1. The first kappa shape index (κ1) is 16.1. The fourth-order valence-corrected chi connectivity index (χ4v) is 4.11. The molecule has 2 aliphatic rings. The predicted molar refractivity (Wildman–Crippen MR) is 101 cm³/mol. The maximum absolute atomic E-state index is 12.5. The van der Waals surface area contributed by atoms with Crippen LogP contribution in [0.3, 0.4) is 0 Å². The smallest absolute Gasteiger partial charge is 0.255 e. The Morgan fingerprint density at radius 1 is 1.11 bits per heavy atom. The van der Waals surface area contributed by atoms with Gasteiger partial charge in [-0.2, -0.15) is 0 Å². The topological polar surface area (TPSA) is 64.4 Å². The van der Waals surface area contributed by atoms with E-state index in [2.05, 4.69) is 34.6 Å². The number of hydrogen-bond donors (Lipinski definition) is 1. The summed E-state index contributed by atoms with van der Waals surface area (Å²) in [5, 5.41) is 2.93. The largest absolute Gasteiger partial charge is 0.491 e. The van der Waals surface area contributed by atoms with Crippen LogP contribution >= 0.6 is 0 Å². The highest BCUT2D eigenvalue weighted by molar-refractivity contribution is 5.98. The zero-order valence-electron chi connectivity index (χ0n) is 15.0. The van der Waals surface area contributed by atoms with Gasteiger partial charge in [0.25, 0.3) is 5.91 Å². The number of nitrogens with zero attached hydrogens (tertiary/aromatic N) is 1. The summed E-state index contributed by atoms with van der Waals surface area (Å²) in [7, 11) is 0. The summed E-state index contributed by atoms with van der Waals surface area (Å²) in [6.07, 6.45) is 7.06. The van der Waals surface area contributed by atoms with Crippen molar-refractivity contribution >= 4 is 5.91 Å². The molecule has 5 rings (SSSR count). The summed E-state index contributed by atoms with van der Waals surface area (Å²) in [5.74, 6) is 0.780. The Morgan fingerprint density at radius 2 is 1.96 bits per heavy atom. The minimum absolute atomic E-state index is 0.0279. The van der Waals surface area contributed by atoms with E-state index in [0.717, 1.165) is 42.7 Å². The number of hydrogen-bond acceptors (Lipinski definition) is 4. The molecule has 0 unspecified atom stereocenters. The van der Waals surface area contributed by atoms with E-state index in [1.54, 1.807) is 6.26 Å². The van der Waals surface area contributed by atoms with Crippen LogP contribution in [-0.2, 0) is 19.3 Å². The van der Waals surface area contributed by atoms with Crippen LogP contribution in [0.1, 0.15) is 39.0 Å². The minimum Gasteiger partial charge on any atom is -0.491 e. The van der Waals surface area contributed by atoms with Crippen LogP contribution in [0.25, 0.3) is 11.3 Å². The van der Waals surface area contributed by atoms with Crippen molar-refractivity contribution in [3.8, 4) is 17.0 Å². The van der Waals surface area contributed by atoms with Gasteiger partial charge in [0.15, 0.2) is 6.39 Å². The third kappa shape index (κ3) is 2.89. The molecule has 2 aromatic carbocycles. The minimum atomic E-state index is -0.0279. The third-order valence-electron chi connectivity index (χ3n) is 5.40. The van der Waals surface area contributed by atoms with Crippen LogP contribution in [0.5, 0.6) is 5.75 Å². The number of nitrogens with one attached hydrogen (secondary N) is 1. The Morgan fingerprint density at radius 3 is 2.78 bits per heavy atom. The summed E-state index contributed by atoms with van der Waals surface area (Å²) in [5.41, 5.74) is 7.60. The second kappa shape index (κ2) is 6.58. The Kier molecular flexibility index (Phi) is 3.93. The zero-order valence-corrected chi connectivity index (χ0v) is 15.0. The summed E-state index contributed by atoms with van der Waals surface area (Å²) in [6.45, 7) is 1.09. The van der Waals surface area contributed by atoms with Crippen LogP contribution in [0, 0.1) is 0 Å². The first-order valence-electron chi connectivity index (χ1n) is 9.36. The quantitative estimate of drug-likeness (QED) is 0.776. The highest BCUT2D eigenvalue weighted by atomic mass is 16.5. The lowest BCUT2D eigenvalue weighted by Crippen LogP contribution is -2.24. The molecule has 1 N–H and O–H groups in total. The van der Waals surface area contributed by atoms with E-state index < -0.39 is 0 Å². The number of aromatic nitrogens is 1. The van der Waals surface area contributed by atoms with Crippen molar-refractivity contribution in [1.82, 2.24) is 10.3 Å². The van der Waals surface area contributed by atoms with Gasteiger partial charge in [-0.1, -0.05) is 24.3 Å². The van der Waals surface area contributed by atoms with E-state index in [-0.39, 0.29) is 5.91 Å². The highest BCUT2D eigenvalue weighted by Gasteiger charge is 2.27. The molecule has 1 aromatic heterocycles. The van der Waals surface area contributed by atoms with Crippen molar-refractivity contribution < 1.29 is 13.9 Å². The van der Waals surface area contributed by atoms with Crippen molar-refractivity contribution in [3.05, 3.63) is 70.8 Å². The molecular formula is C22H20N2O3. The van der Waals surface area contributed by atoms with E-state index >= 15 is 0 Å². The number of fused-ring (bicyclic) bond motifs is 3. The molecule has 0 fully saturated rings. The first-order chi connectivity index (χ1) is 13.3. The fourth-order valence-electron chi connectivity index (χ4n) is 4.11. The van der Waals surface area contributed by atoms with Crippen molar-refractivity contribution in [3.63, 3.8) is 0 Å². The molecule has 0 saturated heterocycles. The average molecular weight is 360 g/mol. The van der Waals surface area contributed by atoms with Crippen LogP contribution < -0.4 is 10.1 Å². The molecule has 0 radical (unpaired) electrons. The Bertz CT molecular complexity index is 991. The van der Waals surface area contributed by atoms with Gasteiger partial charge in [-0.15, -0.1) is 0 Å². The molecule has 1 amide bonds. The van der Waals surface area contributed by atoms with Crippen molar-refractivity contribution in [2.45, 2.75) is 25.7 Å². The van der Waals surface area contributed by atoms with E-state index in [1.165, 1.54) is 28.6 Å². The van der Waals surface area contributed by atoms with Crippen molar-refractivity contribution in [2.24, 2.45) is 0 Å². The van der Waals surface area contributed by atoms with Crippen LogP contribution in [0.2, 0.25) is 0 Å². The predicted octanol–water partition coefficient (Wildman–Crippen LogP) is 3.54. The molecule has 5 heteroatoms. The second-order valence-corrected chi connectivity index (χ2v) is 7.07. The van der Waals surface area contributed by atoms with Gasteiger partial charge >= 0.3 is 0 Å². The lowest BCUT2D eigenvalue weighted by Gasteiger charge is -2.16. The van der Waals surface area contributed by atoms with Crippen molar-refractivity contribution in [1.29, 1.82) is 0 Å². The molecule has 136 valence electrons. The summed E-state index contributed by atoms with van der Waals surface area (Å²) < 4.78 is 11.0. The third-order valence-corrected chi connectivity index (χ3v) is 5.40. The monoisotopic (exact) mass is 360 g/mol. The van der Waals surface area contributed by atoms with Gasteiger partial charge in [0, 0.05) is 5.56 Å². The molecule has 0 atom stereocenters. The second-order valence-electron chi connectivity index (χ2n) is 7.07. The first-order valence-corrected chi connectivity index (χ1v) is 9.36. The lowest BCUT2D eigenvalue weighted by atomic mass is 9.93. The molecular weight excluding hydrogens is 340 g/mol. The van der Waals surface area contributed by atoms with Gasteiger partial charge in [-0.05, 0) is 54.0 Å². The maximum atomic E-state index is 12.5. The van der Waals surface area contributed by atoms with Crippen LogP contribution in [-0.4, -0.2) is 24.0 Å². The molecule has 2 heterocycles. The molecule has 27 heavy (non-hydrogen) atoms. The molecule has 5 nitrogen and oxygen atoms in total. The van der Waals surface area contributed by atoms with E-state index in [9.17, 15) is 4.79 Å². The molecule has 0 bridgehead atoms. The van der Waals surface area contributed by atoms with Gasteiger partial charge in [0.1, 0.15) is 24.3 Å². The summed E-state index contributed by atoms with van der Waals surface area (Å²) in [4.78, 5) is 16.7. The van der Waals surface area contributed by atoms with E-state index in [4.69, 9.17) is 9.15 Å². The van der Waals surface area contributed by atoms with E-state index in [0.29, 0.717) is 18.7 Å². The molecule has 1 aliphatic heterocycles. The summed E-state index contributed by atoms with van der Waals surface area (Å²) in [6, 6.07) is 10.4. The van der Waals surface area contributed by atoms with Crippen LogP contribution in [0.15, 0.2) is 47.4 Å². The van der Waals surface area contributed by atoms with Gasteiger partial charge in [0.2, 0.25) is 0 Å². The van der Waals surface area contributed by atoms with Crippen LogP contribution in [0.4, 0.5) is 0 Å². The SMILES string of the molecule is O=C1NCCOc2c1cc(Cc1ccc(-c3cocn3)cc1)c1c2CCC1. The maximum Gasteiger partial charge on any atom is 0.255 e. The average Bonchev–Trinajstić information content (AvgIpc) is 3.36. The molecule has 0 spiro atoms. The number of carbonyl (C=O) groups is 1. The summed E-state index contributed by atoms with van der Waals surface area (Å²) >= 11 is 0. The number of ether oxygens (including phenoxy) is 1. The standard InChI is InChI=1S/C22H20N2O3/c25-22-19-11-16(17-2-1-3-18(17)21(19)27-9-8-23-22)10-14-4-6-15(7-5-14)20-12-26-13-24-20/h4-7,11-13H,1-3,8-10H2,(H,23,25). The number of oxazole rings is 1. The Balaban J connectivity index is 1.50. The fraction of sp³-hybridized carbons (Fsp3) is 0.273. The van der Waals surface area contributed by atoms with Crippen molar-refractivity contribution in [2.75, 3.05) is 13.2 Å². The van der Waals surface area contributed by atoms with Gasteiger partial charge < -0.3 is 14.5 Å². The zero-order chi connectivity index (χ0) is 18.2. The number of carbonyl (C=O) groups excluding carboxylic acids is 1. The Hall–Kier alpha value is -3.08. The number of rotatable bonds is 3. The molecule has 0 saturated carbocycles. The van der Waals surface area contributed by atoms with Gasteiger partial charge in [0.05, 0.1) is 12.1 Å². The normalized spacial score (nSPS) is 15.5. The number of benzene rings is 2. The van der Waals surface area contributed by atoms with Gasteiger partial charge in [-0.25, -0.2) is 4.98 Å². The highest BCUT2D eigenvalue weighted by Crippen LogP contribution is 2.38. The lowest BCUT2D eigenvalue weighted by molar-refractivity contribution is 0.0957. The Labute approximate surface area is 157 Å². The van der Waals surface area contributed by atoms with Gasteiger partial charge in [-0.3, -0.25) is 4.79 Å².